The normalized spacial score (nSPS) is 20.9. The van der Waals surface area contributed by atoms with Gasteiger partial charge in [-0.25, -0.2) is 0 Å². The zero-order valence-electron chi connectivity index (χ0n) is 25.6. The maximum absolute atomic E-state index is 13.5. The van der Waals surface area contributed by atoms with Crippen LogP contribution in [0.4, 0.5) is 11.4 Å². The largest absolute Gasteiger partial charge is 0.497 e. The molecule has 15 heteroatoms. The van der Waals surface area contributed by atoms with E-state index < -0.39 is 66.2 Å². The third-order valence-electron chi connectivity index (χ3n) is 6.13. The number of nitrogens with zero attached hydrogens (tertiary/aromatic N) is 1. The van der Waals surface area contributed by atoms with Crippen molar-refractivity contribution in [2.24, 2.45) is 0 Å². The Hall–Kier alpha value is -5.07. The van der Waals surface area contributed by atoms with Crippen LogP contribution in [0.3, 0.4) is 0 Å². The molecule has 2 aromatic carbocycles. The lowest BCUT2D eigenvalue weighted by atomic mass is 9.99. The van der Waals surface area contributed by atoms with Gasteiger partial charge >= 0.3 is 23.9 Å². The van der Waals surface area contributed by atoms with Crippen molar-refractivity contribution in [1.29, 1.82) is 5.26 Å². The van der Waals surface area contributed by atoms with Crippen LogP contribution < -0.4 is 15.4 Å². The number of amides is 1. The summed E-state index contributed by atoms with van der Waals surface area (Å²) in [4.78, 5) is 61.7. The maximum atomic E-state index is 13.5. The number of hydrogen-bond acceptors (Lipinski definition) is 14. The van der Waals surface area contributed by atoms with Gasteiger partial charge in [-0.3, -0.25) is 24.0 Å². The van der Waals surface area contributed by atoms with Crippen LogP contribution in [0.15, 0.2) is 65.2 Å². The number of esters is 4. The monoisotopic (exact) mass is 655 g/mol. The van der Waals surface area contributed by atoms with E-state index in [1.807, 2.05) is 6.07 Å². The first kappa shape index (κ1) is 35.4. The van der Waals surface area contributed by atoms with E-state index in [0.29, 0.717) is 17.1 Å². The second-order valence-electron chi connectivity index (χ2n) is 9.68. The van der Waals surface area contributed by atoms with E-state index in [-0.39, 0.29) is 10.6 Å². The molecule has 1 amide bonds. The Kier molecular flexibility index (Phi) is 13.0. The van der Waals surface area contributed by atoms with Crippen molar-refractivity contribution in [2.45, 2.75) is 57.5 Å². The molecule has 0 radical (unpaired) electrons. The minimum Gasteiger partial charge on any atom is -0.497 e. The van der Waals surface area contributed by atoms with E-state index in [4.69, 9.17) is 28.4 Å². The van der Waals surface area contributed by atoms with Crippen LogP contribution in [0.1, 0.15) is 27.7 Å². The number of nitriles is 1. The van der Waals surface area contributed by atoms with Crippen LogP contribution in [0.25, 0.3) is 0 Å². The number of carbonyl (C=O) groups is 5. The summed E-state index contributed by atoms with van der Waals surface area (Å²) in [6, 6.07) is 16.9. The molecule has 3 rings (SSSR count). The zero-order valence-corrected chi connectivity index (χ0v) is 26.5. The smallest absolute Gasteiger partial charge is 0.303 e. The Morgan fingerprint density at radius 1 is 0.783 bits per heavy atom. The van der Waals surface area contributed by atoms with Crippen molar-refractivity contribution in [3.05, 3.63) is 65.2 Å². The number of ether oxygens (including phenoxy) is 6. The Balaban J connectivity index is 2.11. The van der Waals surface area contributed by atoms with E-state index in [1.165, 1.54) is 7.11 Å². The molecule has 1 aliphatic heterocycles. The molecule has 0 aromatic heterocycles. The molecule has 0 unspecified atom stereocenters. The molecule has 14 nitrogen and oxygen atoms in total. The summed E-state index contributed by atoms with van der Waals surface area (Å²) in [5, 5.41) is 15.9. The third-order valence-corrected chi connectivity index (χ3v) is 7.28. The fourth-order valence-electron chi connectivity index (χ4n) is 4.28. The molecule has 0 spiro atoms. The number of hydrogen-bond donors (Lipinski definition) is 2. The van der Waals surface area contributed by atoms with Gasteiger partial charge in [0.25, 0.3) is 5.91 Å². The minimum atomic E-state index is -1.44. The Bertz CT molecular complexity index is 1490. The number of benzene rings is 2. The van der Waals surface area contributed by atoms with Gasteiger partial charge in [0, 0.05) is 39.1 Å². The highest BCUT2D eigenvalue weighted by Crippen LogP contribution is 2.39. The van der Waals surface area contributed by atoms with Crippen LogP contribution in [0.5, 0.6) is 5.75 Å². The summed E-state index contributed by atoms with van der Waals surface area (Å²) in [5.74, 6) is -3.28. The fourth-order valence-corrected chi connectivity index (χ4v) is 5.48. The van der Waals surface area contributed by atoms with Crippen molar-refractivity contribution in [2.75, 3.05) is 24.4 Å². The molecule has 244 valence electrons. The first-order chi connectivity index (χ1) is 21.9. The molecule has 1 heterocycles. The van der Waals surface area contributed by atoms with Gasteiger partial charge in [-0.2, -0.15) is 5.26 Å². The fraction of sp³-hybridized carbons (Fsp3) is 0.355. The van der Waals surface area contributed by atoms with Crippen LogP contribution in [0.2, 0.25) is 0 Å². The van der Waals surface area contributed by atoms with Crippen LogP contribution in [-0.2, 0) is 47.7 Å². The van der Waals surface area contributed by atoms with Crippen molar-refractivity contribution in [3.63, 3.8) is 0 Å². The number of para-hydroxylation sites is 1. The molecule has 1 fully saturated rings. The summed E-state index contributed by atoms with van der Waals surface area (Å²) in [6.45, 7) is 4.05. The van der Waals surface area contributed by atoms with Gasteiger partial charge in [-0.15, -0.1) is 0 Å². The van der Waals surface area contributed by atoms with Gasteiger partial charge in [-0.05, 0) is 36.4 Å². The highest BCUT2D eigenvalue weighted by Gasteiger charge is 2.53. The van der Waals surface area contributed by atoms with Crippen molar-refractivity contribution in [1.82, 2.24) is 0 Å². The van der Waals surface area contributed by atoms with E-state index in [1.54, 1.807) is 54.6 Å². The van der Waals surface area contributed by atoms with Gasteiger partial charge in [0.15, 0.2) is 23.7 Å². The average Bonchev–Trinajstić information content (AvgIpc) is 2.99. The van der Waals surface area contributed by atoms with Crippen LogP contribution in [0, 0.1) is 11.3 Å². The standard InChI is InChI=1S/C31H33N3O11S/c1-17(35)41-16-25-26(42-18(2)36)27(43-19(3)37)28(44-20(4)38)31(45-25)46-30(34-21-9-7-6-8-10-21)24(15-32)29(39)33-22-11-13-23(40-5)14-12-22/h6-14,25-28,31,34H,16H2,1-5H3,(H,33,39)/b30-24+/t25-,26+,27+,28-,31+/m1/s1. The SMILES string of the molecule is COc1ccc(NC(=O)/C(C#N)=C(\Nc2ccccc2)S[C@@H]2O[C@H](COC(C)=O)[C@H](OC(C)=O)[C@H](OC(C)=O)[C@H]2OC(C)=O)cc1. The van der Waals surface area contributed by atoms with Crippen LogP contribution >= 0.6 is 11.8 Å². The lowest BCUT2D eigenvalue weighted by Gasteiger charge is -2.44. The summed E-state index contributed by atoms with van der Waals surface area (Å²) in [7, 11) is 1.50. The number of methoxy groups -OCH3 is 1. The predicted octanol–water partition coefficient (Wildman–Crippen LogP) is 3.30. The van der Waals surface area contributed by atoms with E-state index >= 15 is 0 Å². The first-order valence-electron chi connectivity index (χ1n) is 13.8. The number of carbonyl (C=O) groups excluding carboxylic acids is 5. The van der Waals surface area contributed by atoms with Gasteiger partial charge < -0.3 is 39.1 Å². The lowest BCUT2D eigenvalue weighted by molar-refractivity contribution is -0.237. The van der Waals surface area contributed by atoms with Gasteiger partial charge in [0.05, 0.1) is 12.1 Å². The Morgan fingerprint density at radius 3 is 1.89 bits per heavy atom. The topological polar surface area (TPSA) is 189 Å². The minimum absolute atomic E-state index is 0.0272. The Labute approximate surface area is 269 Å². The molecule has 1 saturated heterocycles. The van der Waals surface area contributed by atoms with Crippen molar-refractivity contribution < 1.29 is 52.4 Å². The molecule has 5 atom stereocenters. The maximum Gasteiger partial charge on any atom is 0.303 e. The molecule has 46 heavy (non-hydrogen) atoms. The number of thioether (sulfide) groups is 1. The molecule has 0 saturated carbocycles. The highest BCUT2D eigenvalue weighted by molar-refractivity contribution is 8.03. The third kappa shape index (κ3) is 10.2. The van der Waals surface area contributed by atoms with E-state index in [0.717, 1.165) is 39.5 Å². The summed E-state index contributed by atoms with van der Waals surface area (Å²) in [6.07, 6.45) is -5.46. The molecular formula is C31H33N3O11S. The lowest BCUT2D eigenvalue weighted by Crippen LogP contribution is -2.61. The van der Waals surface area contributed by atoms with E-state index in [2.05, 4.69) is 10.6 Å². The molecule has 0 aliphatic carbocycles. The van der Waals surface area contributed by atoms with Gasteiger partial charge in [0.1, 0.15) is 30.1 Å². The quantitative estimate of drug-likeness (QED) is 0.147. The molecule has 1 aliphatic rings. The van der Waals surface area contributed by atoms with Crippen molar-refractivity contribution >= 4 is 52.9 Å². The number of nitrogens with one attached hydrogen (secondary N) is 2. The number of anilines is 2. The molecular weight excluding hydrogens is 622 g/mol. The van der Waals surface area contributed by atoms with Gasteiger partial charge in [-0.1, -0.05) is 30.0 Å². The first-order valence-corrected chi connectivity index (χ1v) is 14.7. The second-order valence-corrected chi connectivity index (χ2v) is 10.8. The van der Waals surface area contributed by atoms with Crippen LogP contribution in [-0.4, -0.2) is 73.4 Å². The van der Waals surface area contributed by atoms with Crippen molar-refractivity contribution in [3.8, 4) is 11.8 Å². The summed E-state index contributed by atoms with van der Waals surface area (Å²) >= 11 is 0.771. The summed E-state index contributed by atoms with van der Waals surface area (Å²) in [5.41, 5.74) is -0.822. The molecule has 2 N–H and O–H groups in total. The molecule has 2 aromatic rings. The predicted molar refractivity (Wildman–Crippen MR) is 164 cm³/mol. The number of rotatable bonds is 12. The average molecular weight is 656 g/mol. The molecule has 0 bridgehead atoms. The summed E-state index contributed by atoms with van der Waals surface area (Å²) < 4.78 is 32.9. The Morgan fingerprint density at radius 2 is 1.35 bits per heavy atom. The van der Waals surface area contributed by atoms with Gasteiger partial charge in [0.2, 0.25) is 0 Å². The second kappa shape index (κ2) is 16.8. The zero-order chi connectivity index (χ0) is 33.8. The highest BCUT2D eigenvalue weighted by atomic mass is 32.2. The van der Waals surface area contributed by atoms with E-state index in [9.17, 15) is 29.2 Å².